The Morgan fingerprint density at radius 3 is 3.05 bits per heavy atom. The predicted octanol–water partition coefficient (Wildman–Crippen LogP) is 1.43. The fourth-order valence-electron chi connectivity index (χ4n) is 2.70. The van der Waals surface area contributed by atoms with Crippen LogP contribution in [-0.4, -0.2) is 28.8 Å². The van der Waals surface area contributed by atoms with Crippen LogP contribution in [0.1, 0.15) is 25.1 Å². The Morgan fingerprint density at radius 1 is 1.42 bits per heavy atom. The predicted molar refractivity (Wildman–Crippen MR) is 74.7 cm³/mol. The summed E-state index contributed by atoms with van der Waals surface area (Å²) in [4.78, 5) is 4.33. The lowest BCUT2D eigenvalue weighted by Gasteiger charge is -2.21. The fourth-order valence-corrected chi connectivity index (χ4v) is 4.57. The van der Waals surface area contributed by atoms with Crippen LogP contribution in [0.3, 0.4) is 0 Å². The number of sulfone groups is 1. The van der Waals surface area contributed by atoms with Gasteiger partial charge in [-0.15, -0.1) is 0 Å². The molecule has 3 rings (SSSR count). The lowest BCUT2D eigenvalue weighted by molar-refractivity contribution is 0.534. The molecular formula is C13H17N3O2S. The van der Waals surface area contributed by atoms with E-state index in [2.05, 4.69) is 4.98 Å². The van der Waals surface area contributed by atoms with Gasteiger partial charge in [-0.25, -0.2) is 13.4 Å². The monoisotopic (exact) mass is 279 g/mol. The molecule has 19 heavy (non-hydrogen) atoms. The second kappa shape index (κ2) is 4.52. The Labute approximate surface area is 112 Å². The largest absolute Gasteiger partial charge is 0.397 e. The number of nitrogens with two attached hydrogens (primary N) is 1. The third kappa shape index (κ3) is 2.20. The van der Waals surface area contributed by atoms with Crippen molar-refractivity contribution in [1.29, 1.82) is 0 Å². The Balaban J connectivity index is 1.95. The number of aromatic nitrogens is 2. The number of imidazole rings is 1. The van der Waals surface area contributed by atoms with E-state index in [0.717, 1.165) is 30.6 Å². The summed E-state index contributed by atoms with van der Waals surface area (Å²) in [5, 5.41) is -0.298. The van der Waals surface area contributed by atoms with E-state index in [1.807, 2.05) is 22.7 Å². The second-order valence-corrected chi connectivity index (χ2v) is 7.48. The van der Waals surface area contributed by atoms with Crippen LogP contribution < -0.4 is 5.73 Å². The summed E-state index contributed by atoms with van der Waals surface area (Å²) in [6, 6.07) is 3.67. The highest BCUT2D eigenvalue weighted by Crippen LogP contribution is 2.24. The van der Waals surface area contributed by atoms with E-state index in [4.69, 9.17) is 5.73 Å². The van der Waals surface area contributed by atoms with Crippen molar-refractivity contribution >= 4 is 21.0 Å². The molecule has 0 aliphatic carbocycles. The normalized spacial score (nSPS) is 22.6. The number of rotatable bonds is 2. The van der Waals surface area contributed by atoms with Gasteiger partial charge in [0.1, 0.15) is 5.82 Å². The summed E-state index contributed by atoms with van der Waals surface area (Å²) < 4.78 is 26.0. The average Bonchev–Trinajstić information content (AvgIpc) is 2.77. The zero-order valence-corrected chi connectivity index (χ0v) is 11.4. The summed E-state index contributed by atoms with van der Waals surface area (Å²) in [7, 11) is -2.96. The average molecular weight is 279 g/mol. The molecule has 0 bridgehead atoms. The topological polar surface area (TPSA) is 77.5 Å². The summed E-state index contributed by atoms with van der Waals surface area (Å²) >= 11 is 0. The van der Waals surface area contributed by atoms with Crippen molar-refractivity contribution in [2.45, 2.75) is 30.9 Å². The van der Waals surface area contributed by atoms with Gasteiger partial charge in [-0.2, -0.15) is 0 Å². The molecule has 0 saturated carbocycles. The highest BCUT2D eigenvalue weighted by atomic mass is 32.2. The SMILES string of the molecule is Nc1cccn2c(CC3CCCCS3(=O)=O)ncc12. The maximum absolute atomic E-state index is 12.0. The summed E-state index contributed by atoms with van der Waals surface area (Å²) in [6.07, 6.45) is 6.56. The number of nitrogens with zero attached hydrogens (tertiary/aromatic N) is 2. The number of hydrogen-bond donors (Lipinski definition) is 1. The number of anilines is 1. The molecule has 0 spiro atoms. The first kappa shape index (κ1) is 12.5. The molecule has 2 aromatic heterocycles. The molecule has 1 aliphatic rings. The van der Waals surface area contributed by atoms with E-state index in [9.17, 15) is 8.42 Å². The molecule has 1 unspecified atom stereocenters. The van der Waals surface area contributed by atoms with Crippen LogP contribution in [0.25, 0.3) is 5.52 Å². The Morgan fingerprint density at radius 2 is 2.26 bits per heavy atom. The molecule has 2 N–H and O–H groups in total. The van der Waals surface area contributed by atoms with Crippen LogP contribution in [0.2, 0.25) is 0 Å². The third-order valence-corrected chi connectivity index (χ3v) is 6.08. The maximum Gasteiger partial charge on any atom is 0.153 e. The fraction of sp³-hybridized carbons (Fsp3) is 0.462. The molecule has 3 heterocycles. The quantitative estimate of drug-likeness (QED) is 0.902. The molecule has 0 radical (unpaired) electrons. The van der Waals surface area contributed by atoms with Crippen molar-refractivity contribution in [2.24, 2.45) is 0 Å². The molecule has 1 aliphatic heterocycles. The molecule has 2 aromatic rings. The van der Waals surface area contributed by atoms with Crippen LogP contribution in [0, 0.1) is 0 Å². The Hall–Kier alpha value is -1.56. The van der Waals surface area contributed by atoms with Crippen molar-refractivity contribution in [3.63, 3.8) is 0 Å². The molecular weight excluding hydrogens is 262 g/mol. The second-order valence-electron chi connectivity index (χ2n) is 5.08. The van der Waals surface area contributed by atoms with E-state index in [0.29, 0.717) is 17.9 Å². The van der Waals surface area contributed by atoms with Crippen molar-refractivity contribution in [1.82, 2.24) is 9.38 Å². The maximum atomic E-state index is 12.0. The first-order valence-corrected chi connectivity index (χ1v) is 8.21. The molecule has 102 valence electrons. The number of nitrogen functional groups attached to an aromatic ring is 1. The van der Waals surface area contributed by atoms with E-state index in [1.165, 1.54) is 0 Å². The minimum absolute atomic E-state index is 0.298. The van der Waals surface area contributed by atoms with Gasteiger partial charge >= 0.3 is 0 Å². The van der Waals surface area contributed by atoms with E-state index in [-0.39, 0.29) is 5.25 Å². The number of pyridine rings is 1. The van der Waals surface area contributed by atoms with Crippen LogP contribution in [0.15, 0.2) is 24.5 Å². The van der Waals surface area contributed by atoms with Gasteiger partial charge in [-0.1, -0.05) is 6.42 Å². The Kier molecular flexibility index (Phi) is 2.97. The van der Waals surface area contributed by atoms with Gasteiger partial charge in [-0.05, 0) is 25.0 Å². The van der Waals surface area contributed by atoms with E-state index < -0.39 is 9.84 Å². The lowest BCUT2D eigenvalue weighted by Crippen LogP contribution is -2.30. The van der Waals surface area contributed by atoms with Gasteiger partial charge in [0.25, 0.3) is 0 Å². The highest BCUT2D eigenvalue weighted by Gasteiger charge is 2.30. The van der Waals surface area contributed by atoms with Crippen molar-refractivity contribution in [3.05, 3.63) is 30.4 Å². The summed E-state index contributed by atoms with van der Waals surface area (Å²) in [5.74, 6) is 1.08. The van der Waals surface area contributed by atoms with Gasteiger partial charge in [-0.3, -0.25) is 0 Å². The Bertz CT molecular complexity index is 706. The van der Waals surface area contributed by atoms with Gasteiger partial charge in [0.15, 0.2) is 9.84 Å². The zero-order valence-electron chi connectivity index (χ0n) is 10.6. The molecule has 6 heteroatoms. The highest BCUT2D eigenvalue weighted by molar-refractivity contribution is 7.92. The number of hydrogen-bond acceptors (Lipinski definition) is 4. The number of fused-ring (bicyclic) bond motifs is 1. The minimum Gasteiger partial charge on any atom is -0.397 e. The van der Waals surface area contributed by atoms with Gasteiger partial charge in [0, 0.05) is 12.6 Å². The molecule has 1 fully saturated rings. The molecule has 1 saturated heterocycles. The molecule has 5 nitrogen and oxygen atoms in total. The first-order valence-electron chi connectivity index (χ1n) is 6.50. The van der Waals surface area contributed by atoms with Gasteiger partial charge in [0.2, 0.25) is 0 Å². The molecule has 0 aromatic carbocycles. The van der Waals surface area contributed by atoms with Crippen molar-refractivity contribution in [2.75, 3.05) is 11.5 Å². The van der Waals surface area contributed by atoms with Crippen LogP contribution in [-0.2, 0) is 16.3 Å². The molecule has 0 amide bonds. The van der Waals surface area contributed by atoms with Crippen molar-refractivity contribution < 1.29 is 8.42 Å². The van der Waals surface area contributed by atoms with Crippen molar-refractivity contribution in [3.8, 4) is 0 Å². The zero-order chi connectivity index (χ0) is 13.5. The molecule has 1 atom stereocenters. The smallest absolute Gasteiger partial charge is 0.153 e. The minimum atomic E-state index is -2.96. The summed E-state index contributed by atoms with van der Waals surface area (Å²) in [6.45, 7) is 0. The van der Waals surface area contributed by atoms with E-state index in [1.54, 1.807) is 6.20 Å². The van der Waals surface area contributed by atoms with Gasteiger partial charge < -0.3 is 10.1 Å². The van der Waals surface area contributed by atoms with Crippen LogP contribution in [0.4, 0.5) is 5.69 Å². The third-order valence-electron chi connectivity index (χ3n) is 3.80. The van der Waals surface area contributed by atoms with E-state index >= 15 is 0 Å². The lowest BCUT2D eigenvalue weighted by atomic mass is 10.1. The van der Waals surface area contributed by atoms with Crippen LogP contribution >= 0.6 is 0 Å². The van der Waals surface area contributed by atoms with Gasteiger partial charge in [0.05, 0.1) is 28.4 Å². The summed E-state index contributed by atoms with van der Waals surface area (Å²) in [5.41, 5.74) is 7.38. The standard InChI is InChI=1S/C13H17N3O2S/c14-11-5-3-6-16-12(11)9-15-13(16)8-10-4-1-2-7-19(10,17)18/h3,5-6,9-10H,1-2,4,7-8,14H2. The van der Waals surface area contributed by atoms with Crippen LogP contribution in [0.5, 0.6) is 0 Å². The first-order chi connectivity index (χ1) is 9.08.